The van der Waals surface area contributed by atoms with Crippen molar-refractivity contribution in [3.63, 3.8) is 0 Å². The Balaban J connectivity index is 1.85. The summed E-state index contributed by atoms with van der Waals surface area (Å²) in [6.45, 7) is 6.18. The molecule has 0 spiro atoms. The Bertz CT molecular complexity index is 513. The van der Waals surface area contributed by atoms with E-state index >= 15 is 0 Å². The maximum absolute atomic E-state index is 12.6. The van der Waals surface area contributed by atoms with E-state index in [0.717, 1.165) is 25.9 Å². The van der Waals surface area contributed by atoms with Crippen LogP contribution in [-0.2, 0) is 11.2 Å². The monoisotopic (exact) mass is 287 g/mol. The summed E-state index contributed by atoms with van der Waals surface area (Å²) in [5, 5.41) is 3.46. The molecular weight excluding hydrogens is 262 g/mol. The first kappa shape index (κ1) is 14.5. The highest BCUT2D eigenvalue weighted by atomic mass is 16.2. The lowest BCUT2D eigenvalue weighted by molar-refractivity contribution is -0.131. The molecule has 1 amide bonds. The quantitative estimate of drug-likeness (QED) is 0.920. The van der Waals surface area contributed by atoms with Crippen LogP contribution in [0.3, 0.4) is 0 Å². The maximum atomic E-state index is 12.6. The molecule has 2 aliphatic rings. The highest BCUT2D eigenvalue weighted by Gasteiger charge is 2.42. The first-order chi connectivity index (χ1) is 10.1. The van der Waals surface area contributed by atoms with Crippen molar-refractivity contribution < 1.29 is 4.79 Å². The average Bonchev–Trinajstić information content (AvgIpc) is 3.04. The smallest absolute Gasteiger partial charge is 0.241 e. The van der Waals surface area contributed by atoms with Gasteiger partial charge in [0.2, 0.25) is 5.91 Å². The topological polar surface area (TPSA) is 35.6 Å². The predicted octanol–water partition coefficient (Wildman–Crippen LogP) is 1.77. The molecule has 1 aromatic carbocycles. The molecule has 2 heterocycles. The van der Waals surface area contributed by atoms with E-state index in [1.54, 1.807) is 0 Å². The maximum Gasteiger partial charge on any atom is 0.241 e. The van der Waals surface area contributed by atoms with Gasteiger partial charge in [-0.05, 0) is 44.5 Å². The number of likely N-dealkylation sites (tertiary alicyclic amines) is 1. The second kappa shape index (κ2) is 5.78. The van der Waals surface area contributed by atoms with Gasteiger partial charge in [0.15, 0.2) is 0 Å². The standard InChI is InChI=1S/C17H25N3O/c1-4-13-5-7-14(8-6-13)16-18-12(2)17(21)20(16)15-9-10-19(3)11-15/h5-8,12,15-16,18H,4,9-11H2,1-3H3. The van der Waals surface area contributed by atoms with Crippen LogP contribution in [0.1, 0.15) is 37.6 Å². The number of carbonyl (C=O) groups excluding carboxylic acids is 1. The molecule has 2 aliphatic heterocycles. The molecule has 21 heavy (non-hydrogen) atoms. The molecule has 1 aromatic rings. The lowest BCUT2D eigenvalue weighted by Crippen LogP contribution is -2.41. The van der Waals surface area contributed by atoms with E-state index in [-0.39, 0.29) is 18.1 Å². The largest absolute Gasteiger partial charge is 0.317 e. The lowest BCUT2D eigenvalue weighted by atomic mass is 10.1. The van der Waals surface area contributed by atoms with Crippen molar-refractivity contribution in [1.82, 2.24) is 15.1 Å². The highest BCUT2D eigenvalue weighted by molar-refractivity contribution is 5.84. The SMILES string of the molecule is CCc1ccc(C2NC(C)C(=O)N2C2CCN(C)C2)cc1. The molecule has 0 saturated carbocycles. The normalized spacial score (nSPS) is 30.3. The Morgan fingerprint density at radius 1 is 1.29 bits per heavy atom. The van der Waals surface area contributed by atoms with Crippen LogP contribution >= 0.6 is 0 Å². The van der Waals surface area contributed by atoms with Crippen molar-refractivity contribution in [2.45, 2.75) is 44.9 Å². The van der Waals surface area contributed by atoms with Crippen LogP contribution in [0.2, 0.25) is 0 Å². The molecule has 2 saturated heterocycles. The molecule has 3 unspecified atom stereocenters. The fraction of sp³-hybridized carbons (Fsp3) is 0.588. The molecule has 4 nitrogen and oxygen atoms in total. The molecule has 4 heteroatoms. The van der Waals surface area contributed by atoms with Crippen LogP contribution in [0, 0.1) is 0 Å². The van der Waals surface area contributed by atoms with E-state index in [4.69, 9.17) is 0 Å². The summed E-state index contributed by atoms with van der Waals surface area (Å²) in [7, 11) is 2.13. The molecule has 3 rings (SSSR count). The van der Waals surface area contributed by atoms with Crippen molar-refractivity contribution in [1.29, 1.82) is 0 Å². The number of nitrogens with zero attached hydrogens (tertiary/aromatic N) is 2. The summed E-state index contributed by atoms with van der Waals surface area (Å²) in [5.74, 6) is 0.236. The Morgan fingerprint density at radius 2 is 2.00 bits per heavy atom. The Morgan fingerprint density at radius 3 is 2.57 bits per heavy atom. The molecule has 0 bridgehead atoms. The number of carbonyl (C=O) groups is 1. The number of benzene rings is 1. The summed E-state index contributed by atoms with van der Waals surface area (Å²) in [5.41, 5.74) is 2.53. The van der Waals surface area contributed by atoms with E-state index in [9.17, 15) is 4.79 Å². The van der Waals surface area contributed by atoms with E-state index < -0.39 is 0 Å². The Labute approximate surface area is 127 Å². The zero-order chi connectivity index (χ0) is 15.0. The number of likely N-dealkylation sites (N-methyl/N-ethyl adjacent to an activating group) is 1. The van der Waals surface area contributed by atoms with Gasteiger partial charge in [0, 0.05) is 12.6 Å². The van der Waals surface area contributed by atoms with Crippen molar-refractivity contribution in [2.75, 3.05) is 20.1 Å². The summed E-state index contributed by atoms with van der Waals surface area (Å²) in [6, 6.07) is 8.90. The predicted molar refractivity (Wildman–Crippen MR) is 83.9 cm³/mol. The molecule has 0 aromatic heterocycles. The van der Waals surface area contributed by atoms with E-state index in [1.165, 1.54) is 11.1 Å². The van der Waals surface area contributed by atoms with Crippen LogP contribution in [0.25, 0.3) is 0 Å². The van der Waals surface area contributed by atoms with Crippen molar-refractivity contribution in [3.05, 3.63) is 35.4 Å². The van der Waals surface area contributed by atoms with Gasteiger partial charge in [0.25, 0.3) is 0 Å². The zero-order valence-electron chi connectivity index (χ0n) is 13.2. The van der Waals surface area contributed by atoms with Crippen LogP contribution < -0.4 is 5.32 Å². The molecule has 1 N–H and O–H groups in total. The van der Waals surface area contributed by atoms with Gasteiger partial charge in [-0.1, -0.05) is 31.2 Å². The van der Waals surface area contributed by atoms with Gasteiger partial charge < -0.3 is 9.80 Å². The van der Waals surface area contributed by atoms with Crippen LogP contribution in [-0.4, -0.2) is 47.9 Å². The fourth-order valence-corrected chi connectivity index (χ4v) is 3.46. The summed E-state index contributed by atoms with van der Waals surface area (Å²) in [6.07, 6.45) is 2.14. The van der Waals surface area contributed by atoms with Crippen LogP contribution in [0.4, 0.5) is 0 Å². The minimum atomic E-state index is -0.0910. The summed E-state index contributed by atoms with van der Waals surface area (Å²) >= 11 is 0. The number of hydrogen-bond acceptors (Lipinski definition) is 3. The van der Waals surface area contributed by atoms with E-state index in [1.807, 2.05) is 6.92 Å². The second-order valence-electron chi connectivity index (χ2n) is 6.34. The van der Waals surface area contributed by atoms with Crippen LogP contribution in [0.15, 0.2) is 24.3 Å². The number of hydrogen-bond donors (Lipinski definition) is 1. The molecule has 3 atom stereocenters. The Hall–Kier alpha value is -1.39. The van der Waals surface area contributed by atoms with Crippen molar-refractivity contribution in [3.8, 4) is 0 Å². The first-order valence-corrected chi connectivity index (χ1v) is 7.95. The van der Waals surface area contributed by atoms with Gasteiger partial charge in [0.05, 0.1) is 6.04 Å². The number of nitrogens with one attached hydrogen (secondary N) is 1. The molecular formula is C17H25N3O. The molecule has 0 aliphatic carbocycles. The van der Waals surface area contributed by atoms with E-state index in [0.29, 0.717) is 6.04 Å². The second-order valence-corrected chi connectivity index (χ2v) is 6.34. The van der Waals surface area contributed by atoms with Gasteiger partial charge >= 0.3 is 0 Å². The first-order valence-electron chi connectivity index (χ1n) is 7.95. The fourth-order valence-electron chi connectivity index (χ4n) is 3.46. The number of amides is 1. The van der Waals surface area contributed by atoms with Crippen molar-refractivity contribution >= 4 is 5.91 Å². The Kier molecular flexibility index (Phi) is 4.00. The summed E-state index contributed by atoms with van der Waals surface area (Å²) < 4.78 is 0. The van der Waals surface area contributed by atoms with Crippen LogP contribution in [0.5, 0.6) is 0 Å². The minimum absolute atomic E-state index is 0.0231. The molecule has 2 fully saturated rings. The van der Waals surface area contributed by atoms with Gasteiger partial charge in [-0.15, -0.1) is 0 Å². The third kappa shape index (κ3) is 2.70. The van der Waals surface area contributed by atoms with Gasteiger partial charge in [0.1, 0.15) is 6.17 Å². The van der Waals surface area contributed by atoms with E-state index in [2.05, 4.69) is 53.4 Å². The number of aryl methyl sites for hydroxylation is 1. The third-order valence-corrected chi connectivity index (χ3v) is 4.77. The van der Waals surface area contributed by atoms with Gasteiger partial charge in [-0.2, -0.15) is 0 Å². The third-order valence-electron chi connectivity index (χ3n) is 4.77. The minimum Gasteiger partial charge on any atom is -0.317 e. The highest BCUT2D eigenvalue weighted by Crippen LogP contribution is 2.30. The zero-order valence-corrected chi connectivity index (χ0v) is 13.2. The molecule has 0 radical (unpaired) electrons. The number of rotatable bonds is 3. The van der Waals surface area contributed by atoms with Gasteiger partial charge in [-0.3, -0.25) is 10.1 Å². The van der Waals surface area contributed by atoms with Gasteiger partial charge in [-0.25, -0.2) is 0 Å². The lowest BCUT2D eigenvalue weighted by Gasteiger charge is -2.30. The average molecular weight is 287 g/mol. The summed E-state index contributed by atoms with van der Waals surface area (Å²) in [4.78, 5) is 16.9. The molecule has 114 valence electrons. The van der Waals surface area contributed by atoms with Crippen molar-refractivity contribution in [2.24, 2.45) is 0 Å².